The van der Waals surface area contributed by atoms with E-state index in [4.69, 9.17) is 25.6 Å². The number of thiazole rings is 1. The molecule has 0 aliphatic carbocycles. The van der Waals surface area contributed by atoms with Gasteiger partial charge in [-0.15, -0.1) is 11.3 Å². The van der Waals surface area contributed by atoms with Gasteiger partial charge in [0.15, 0.2) is 5.66 Å². The van der Waals surface area contributed by atoms with Crippen molar-refractivity contribution in [3.63, 3.8) is 0 Å². The van der Waals surface area contributed by atoms with Gasteiger partial charge in [-0.25, -0.2) is 9.37 Å². The third kappa shape index (κ3) is 6.00. The number of anilines is 1. The van der Waals surface area contributed by atoms with E-state index in [0.717, 1.165) is 10.9 Å². The SMILES string of the molecule is COC(=O)CCc1cnc([C@@]2(N(C)OC)CCCN2C(=O)Cc2cc(Cl)c(NC(=O)c3coc4ccccc34)cc2F)s1. The van der Waals surface area contributed by atoms with Crippen LogP contribution >= 0.6 is 22.9 Å². The van der Waals surface area contributed by atoms with Crippen molar-refractivity contribution in [2.75, 3.05) is 33.1 Å². The maximum atomic E-state index is 15.4. The van der Waals surface area contributed by atoms with E-state index >= 15 is 4.39 Å². The summed E-state index contributed by atoms with van der Waals surface area (Å²) in [6.45, 7) is 0.408. The number of benzene rings is 2. The van der Waals surface area contributed by atoms with E-state index < -0.39 is 17.4 Å². The Labute approximate surface area is 256 Å². The Morgan fingerprint density at radius 3 is 2.81 bits per heavy atom. The van der Waals surface area contributed by atoms with Gasteiger partial charge in [0, 0.05) is 30.1 Å². The van der Waals surface area contributed by atoms with Crippen LogP contribution in [0.5, 0.6) is 0 Å². The van der Waals surface area contributed by atoms with Crippen LogP contribution in [0.4, 0.5) is 10.1 Å². The maximum absolute atomic E-state index is 15.4. The monoisotopic (exact) mass is 628 g/mol. The number of nitrogens with zero attached hydrogens (tertiary/aromatic N) is 3. The molecule has 1 atom stereocenters. The molecule has 2 aromatic heterocycles. The smallest absolute Gasteiger partial charge is 0.305 e. The summed E-state index contributed by atoms with van der Waals surface area (Å²) in [6.07, 6.45) is 4.63. The molecule has 2 amide bonds. The minimum Gasteiger partial charge on any atom is -0.469 e. The Bertz CT molecular complexity index is 1680. The van der Waals surface area contributed by atoms with Gasteiger partial charge in [0.05, 0.1) is 43.3 Å². The number of esters is 1. The molecular formula is C30H30ClFN4O6S. The Morgan fingerprint density at radius 2 is 2.05 bits per heavy atom. The lowest BCUT2D eigenvalue weighted by molar-refractivity contribution is -0.230. The van der Waals surface area contributed by atoms with E-state index in [1.807, 2.05) is 0 Å². The molecule has 0 unspecified atom stereocenters. The van der Waals surface area contributed by atoms with Crippen molar-refractivity contribution in [1.29, 1.82) is 0 Å². The Morgan fingerprint density at radius 1 is 1.26 bits per heavy atom. The molecule has 1 aliphatic heterocycles. The van der Waals surface area contributed by atoms with Crippen molar-refractivity contribution in [2.24, 2.45) is 0 Å². The number of para-hydroxylation sites is 1. The molecule has 3 heterocycles. The number of aromatic nitrogens is 1. The van der Waals surface area contributed by atoms with Gasteiger partial charge in [0.1, 0.15) is 22.7 Å². The normalized spacial score (nSPS) is 16.7. The number of halogens is 2. The first-order valence-electron chi connectivity index (χ1n) is 13.5. The minimum absolute atomic E-state index is 0.0718. The van der Waals surface area contributed by atoms with Gasteiger partial charge in [-0.3, -0.25) is 19.2 Å². The molecule has 1 aliphatic rings. The van der Waals surface area contributed by atoms with E-state index in [-0.39, 0.29) is 46.6 Å². The van der Waals surface area contributed by atoms with Crippen molar-refractivity contribution in [3.05, 3.63) is 80.7 Å². The fourth-order valence-electron chi connectivity index (χ4n) is 5.33. The third-order valence-corrected chi connectivity index (χ3v) is 9.11. The maximum Gasteiger partial charge on any atom is 0.305 e. The lowest BCUT2D eigenvalue weighted by atomic mass is 10.1. The topological polar surface area (TPSA) is 114 Å². The zero-order valence-electron chi connectivity index (χ0n) is 23.8. The number of rotatable bonds is 10. The highest BCUT2D eigenvalue weighted by Crippen LogP contribution is 2.43. The summed E-state index contributed by atoms with van der Waals surface area (Å²) in [4.78, 5) is 51.0. The summed E-state index contributed by atoms with van der Waals surface area (Å²) in [7, 11) is 4.57. The van der Waals surface area contributed by atoms with Gasteiger partial charge in [-0.2, -0.15) is 5.06 Å². The molecule has 0 bridgehead atoms. The molecule has 5 rings (SSSR count). The molecule has 1 N–H and O–H groups in total. The Kier molecular flexibility index (Phi) is 9.11. The quantitative estimate of drug-likeness (QED) is 0.180. The molecule has 10 nitrogen and oxygen atoms in total. The van der Waals surface area contributed by atoms with Crippen LogP contribution in [0, 0.1) is 5.82 Å². The number of likely N-dealkylation sites (tertiary alicyclic amines) is 1. The molecule has 0 radical (unpaired) electrons. The second-order valence-electron chi connectivity index (χ2n) is 10.1. The second-order valence-corrected chi connectivity index (χ2v) is 11.6. The van der Waals surface area contributed by atoms with Crippen LogP contribution in [0.2, 0.25) is 5.02 Å². The van der Waals surface area contributed by atoms with E-state index in [0.29, 0.717) is 41.8 Å². The van der Waals surface area contributed by atoms with Gasteiger partial charge in [0.25, 0.3) is 5.91 Å². The van der Waals surface area contributed by atoms with Gasteiger partial charge in [-0.1, -0.05) is 29.8 Å². The molecular weight excluding hydrogens is 599 g/mol. The first-order valence-corrected chi connectivity index (χ1v) is 14.7. The highest BCUT2D eigenvalue weighted by Gasteiger charge is 2.51. The first kappa shape index (κ1) is 30.6. The fourth-order valence-corrected chi connectivity index (χ4v) is 6.73. The van der Waals surface area contributed by atoms with Crippen molar-refractivity contribution in [2.45, 2.75) is 37.8 Å². The standard InChI is InChI=1S/C30H30ClFN4O6S/c1-35(41-3)30(29-33-16-19(43-29)9-10-27(38)40-2)11-6-12-36(30)26(37)14-18-13-22(31)24(15-23(18)32)34-28(39)21-17-42-25-8-5-4-7-20(21)25/h4-5,7-8,13,15-17H,6,9-12,14H2,1-3H3,(H,34,39)/t30-/m1/s1. The van der Waals surface area contributed by atoms with Crippen LogP contribution in [0.25, 0.3) is 11.0 Å². The van der Waals surface area contributed by atoms with Crippen LogP contribution in [0.3, 0.4) is 0 Å². The highest BCUT2D eigenvalue weighted by molar-refractivity contribution is 7.11. The van der Waals surface area contributed by atoms with E-state index in [1.54, 1.807) is 47.5 Å². The van der Waals surface area contributed by atoms with Crippen LogP contribution in [0.15, 0.2) is 53.3 Å². The summed E-state index contributed by atoms with van der Waals surface area (Å²) in [6, 6.07) is 9.52. The molecule has 2 aromatic carbocycles. The van der Waals surface area contributed by atoms with Crippen LogP contribution in [0.1, 0.15) is 45.1 Å². The molecule has 1 fully saturated rings. The lowest BCUT2D eigenvalue weighted by Gasteiger charge is -2.42. The number of carbonyl (C=O) groups excluding carboxylic acids is 3. The van der Waals surface area contributed by atoms with Gasteiger partial charge >= 0.3 is 5.97 Å². The summed E-state index contributed by atoms with van der Waals surface area (Å²) < 4.78 is 25.5. The highest BCUT2D eigenvalue weighted by atomic mass is 35.5. The zero-order valence-corrected chi connectivity index (χ0v) is 25.4. The summed E-state index contributed by atoms with van der Waals surface area (Å²) in [5.74, 6) is -1.86. The third-order valence-electron chi connectivity index (χ3n) is 7.60. The largest absolute Gasteiger partial charge is 0.469 e. The van der Waals surface area contributed by atoms with Gasteiger partial charge in [0.2, 0.25) is 5.91 Å². The number of carbonyl (C=O) groups is 3. The summed E-state index contributed by atoms with van der Waals surface area (Å²) in [5.41, 5.74) is -0.0227. The lowest BCUT2D eigenvalue weighted by Crippen LogP contribution is -2.55. The van der Waals surface area contributed by atoms with E-state index in [9.17, 15) is 14.4 Å². The molecule has 226 valence electrons. The number of nitrogens with one attached hydrogen (secondary N) is 1. The Balaban J connectivity index is 1.35. The predicted molar refractivity (Wildman–Crippen MR) is 159 cm³/mol. The molecule has 4 aromatic rings. The van der Waals surface area contributed by atoms with Crippen LogP contribution < -0.4 is 5.32 Å². The van der Waals surface area contributed by atoms with Crippen molar-refractivity contribution in [3.8, 4) is 0 Å². The summed E-state index contributed by atoms with van der Waals surface area (Å²) in [5, 5.41) is 5.55. The van der Waals surface area contributed by atoms with Crippen LogP contribution in [-0.2, 0) is 37.7 Å². The predicted octanol–water partition coefficient (Wildman–Crippen LogP) is 5.55. The zero-order chi connectivity index (χ0) is 30.7. The number of ether oxygens (including phenoxy) is 1. The number of hydrogen-bond acceptors (Lipinski definition) is 9. The number of furan rings is 1. The number of hydroxylamine groups is 2. The number of fused-ring (bicyclic) bond motifs is 1. The number of aryl methyl sites for hydroxylation is 1. The first-order chi connectivity index (χ1) is 20.7. The minimum atomic E-state index is -1.01. The van der Waals surface area contributed by atoms with Gasteiger partial charge in [-0.05, 0) is 43.0 Å². The molecule has 0 saturated carbocycles. The number of methoxy groups -OCH3 is 1. The van der Waals surface area contributed by atoms with E-state index in [2.05, 4.69) is 10.3 Å². The number of hydrogen-bond donors (Lipinski definition) is 1. The van der Waals surface area contributed by atoms with Crippen molar-refractivity contribution < 1.29 is 32.8 Å². The average molecular weight is 629 g/mol. The van der Waals surface area contributed by atoms with E-state index in [1.165, 1.54) is 37.9 Å². The summed E-state index contributed by atoms with van der Waals surface area (Å²) >= 11 is 7.85. The molecule has 43 heavy (non-hydrogen) atoms. The van der Waals surface area contributed by atoms with Gasteiger partial charge < -0.3 is 19.4 Å². The van der Waals surface area contributed by atoms with Crippen molar-refractivity contribution in [1.82, 2.24) is 14.9 Å². The fraction of sp³-hybridized carbons (Fsp3) is 0.333. The molecule has 1 saturated heterocycles. The van der Waals surface area contributed by atoms with Crippen molar-refractivity contribution >= 4 is 57.4 Å². The second kappa shape index (κ2) is 12.8. The molecule has 13 heteroatoms. The van der Waals surface area contributed by atoms with Crippen LogP contribution in [-0.4, -0.2) is 60.5 Å². The average Bonchev–Trinajstić information content (AvgIpc) is 3.76. The Hall–Kier alpha value is -3.84. The number of amides is 2. The molecule has 0 spiro atoms.